The summed E-state index contributed by atoms with van der Waals surface area (Å²) in [7, 11) is 0. The molecule has 1 amide bonds. The van der Waals surface area contributed by atoms with E-state index in [-0.39, 0.29) is 11.8 Å². The quantitative estimate of drug-likeness (QED) is 0.874. The molecular weight excluding hydrogens is 280 g/mol. The number of nitrogens with one attached hydrogen (secondary N) is 1. The van der Waals surface area contributed by atoms with E-state index in [4.69, 9.17) is 10.5 Å². The summed E-state index contributed by atoms with van der Waals surface area (Å²) in [5.41, 5.74) is 6.29. The summed E-state index contributed by atoms with van der Waals surface area (Å²) in [4.78, 5) is 21.2. The smallest absolute Gasteiger partial charge is 0.240 e. The minimum Gasteiger partial charge on any atom is -0.381 e. The maximum atomic E-state index is 12.2. The Morgan fingerprint density at radius 1 is 1.41 bits per heavy atom. The van der Waals surface area contributed by atoms with Gasteiger partial charge in [0.25, 0.3) is 0 Å². The maximum absolute atomic E-state index is 12.2. The van der Waals surface area contributed by atoms with E-state index in [1.54, 1.807) is 6.20 Å². The predicted molar refractivity (Wildman–Crippen MR) is 82.1 cm³/mol. The lowest BCUT2D eigenvalue weighted by molar-refractivity contribution is -0.126. The van der Waals surface area contributed by atoms with Crippen LogP contribution < -0.4 is 11.1 Å². The van der Waals surface area contributed by atoms with Crippen molar-refractivity contribution in [3.63, 3.8) is 0 Å². The monoisotopic (exact) mass is 304 g/mol. The second-order valence-corrected chi connectivity index (χ2v) is 6.37. The highest BCUT2D eigenvalue weighted by Gasteiger charge is 2.36. The zero-order valence-electron chi connectivity index (χ0n) is 12.9. The number of ether oxygens (including phenoxy) is 1. The van der Waals surface area contributed by atoms with Crippen molar-refractivity contribution in [2.75, 3.05) is 13.2 Å². The molecule has 1 aromatic rings. The normalized spacial score (nSPS) is 24.1. The van der Waals surface area contributed by atoms with Gasteiger partial charge in [0.15, 0.2) is 0 Å². The Morgan fingerprint density at radius 3 is 2.95 bits per heavy atom. The predicted octanol–water partition coefficient (Wildman–Crippen LogP) is 1.26. The first-order chi connectivity index (χ1) is 10.7. The molecule has 0 bridgehead atoms. The number of hydrogen-bond acceptors (Lipinski definition) is 5. The van der Waals surface area contributed by atoms with Gasteiger partial charge in [-0.05, 0) is 31.7 Å². The molecule has 1 saturated carbocycles. The minimum atomic E-state index is -0.687. The molecule has 2 aliphatic rings. The lowest BCUT2D eigenvalue weighted by atomic mass is 9.98. The van der Waals surface area contributed by atoms with Crippen LogP contribution in [-0.2, 0) is 16.1 Å². The lowest BCUT2D eigenvalue weighted by Crippen LogP contribution is -2.51. The summed E-state index contributed by atoms with van der Waals surface area (Å²) >= 11 is 0. The van der Waals surface area contributed by atoms with E-state index in [1.165, 1.54) is 0 Å². The summed E-state index contributed by atoms with van der Waals surface area (Å²) < 4.78 is 5.49. The van der Waals surface area contributed by atoms with E-state index in [9.17, 15) is 4.79 Å². The van der Waals surface area contributed by atoms with Gasteiger partial charge in [0, 0.05) is 18.7 Å². The third-order valence-electron chi connectivity index (χ3n) is 4.64. The van der Waals surface area contributed by atoms with Crippen LogP contribution in [0.25, 0.3) is 0 Å². The average Bonchev–Trinajstić information content (AvgIpc) is 3.02. The van der Waals surface area contributed by atoms with E-state index >= 15 is 0 Å². The molecule has 0 aromatic carbocycles. The number of nitrogens with two attached hydrogens (primary N) is 1. The van der Waals surface area contributed by atoms with Crippen LogP contribution in [0.15, 0.2) is 12.3 Å². The van der Waals surface area contributed by atoms with Gasteiger partial charge in [-0.25, -0.2) is 9.97 Å². The maximum Gasteiger partial charge on any atom is 0.240 e. The fourth-order valence-electron chi connectivity index (χ4n) is 3.23. The number of carbonyl (C=O) groups is 1. The molecule has 2 fully saturated rings. The van der Waals surface area contributed by atoms with Crippen LogP contribution in [0.3, 0.4) is 0 Å². The number of aromatic nitrogens is 2. The highest BCUT2D eigenvalue weighted by molar-refractivity contribution is 5.86. The van der Waals surface area contributed by atoms with Crippen LogP contribution in [-0.4, -0.2) is 34.6 Å². The summed E-state index contributed by atoms with van der Waals surface area (Å²) in [5, 5.41) is 2.93. The van der Waals surface area contributed by atoms with Crippen molar-refractivity contribution < 1.29 is 9.53 Å². The first kappa shape index (κ1) is 15.4. The SMILES string of the molecule is NC1(C(=O)NCc2ccnc(C3CCCOC3)n2)CCCC1. The summed E-state index contributed by atoms with van der Waals surface area (Å²) in [6.07, 6.45) is 7.46. The highest BCUT2D eigenvalue weighted by atomic mass is 16.5. The second-order valence-electron chi connectivity index (χ2n) is 6.37. The van der Waals surface area contributed by atoms with Gasteiger partial charge in [-0.15, -0.1) is 0 Å². The Hall–Kier alpha value is -1.53. The Kier molecular flexibility index (Phi) is 4.69. The third-order valence-corrected chi connectivity index (χ3v) is 4.64. The number of hydrogen-bond donors (Lipinski definition) is 2. The van der Waals surface area contributed by atoms with E-state index in [0.29, 0.717) is 13.2 Å². The van der Waals surface area contributed by atoms with Crippen molar-refractivity contribution in [2.45, 2.75) is 56.5 Å². The molecule has 1 saturated heterocycles. The molecule has 0 spiro atoms. The third kappa shape index (κ3) is 3.44. The summed E-state index contributed by atoms with van der Waals surface area (Å²) in [5.74, 6) is 1.01. The molecule has 1 aromatic heterocycles. The van der Waals surface area contributed by atoms with Gasteiger partial charge in [-0.3, -0.25) is 4.79 Å². The van der Waals surface area contributed by atoms with Crippen molar-refractivity contribution >= 4 is 5.91 Å². The fourth-order valence-corrected chi connectivity index (χ4v) is 3.23. The van der Waals surface area contributed by atoms with Gasteiger partial charge in [0.05, 0.1) is 24.4 Å². The molecule has 1 unspecified atom stereocenters. The largest absolute Gasteiger partial charge is 0.381 e. The molecule has 0 radical (unpaired) electrons. The van der Waals surface area contributed by atoms with Crippen LogP contribution in [0.1, 0.15) is 56.0 Å². The summed E-state index contributed by atoms with van der Waals surface area (Å²) in [6, 6.07) is 1.84. The molecule has 6 nitrogen and oxygen atoms in total. The Labute approximate surface area is 130 Å². The van der Waals surface area contributed by atoms with Crippen LogP contribution in [0.2, 0.25) is 0 Å². The Balaban J connectivity index is 1.59. The molecule has 1 atom stereocenters. The first-order valence-electron chi connectivity index (χ1n) is 8.14. The van der Waals surface area contributed by atoms with Gasteiger partial charge >= 0.3 is 0 Å². The van der Waals surface area contributed by atoms with Crippen molar-refractivity contribution in [1.82, 2.24) is 15.3 Å². The van der Waals surface area contributed by atoms with Crippen LogP contribution in [0.5, 0.6) is 0 Å². The standard InChI is InChI=1S/C16H24N4O2/c17-16(6-1-2-7-16)15(21)19-10-13-5-8-18-14(20-13)12-4-3-9-22-11-12/h5,8,12H,1-4,6-7,9-11,17H2,(H,19,21). The fraction of sp³-hybridized carbons (Fsp3) is 0.688. The zero-order chi connectivity index (χ0) is 15.4. The van der Waals surface area contributed by atoms with Crippen molar-refractivity contribution in [1.29, 1.82) is 0 Å². The molecule has 3 rings (SSSR count). The first-order valence-corrected chi connectivity index (χ1v) is 8.14. The average molecular weight is 304 g/mol. The molecule has 3 N–H and O–H groups in total. The lowest BCUT2D eigenvalue weighted by Gasteiger charge is -2.23. The van der Waals surface area contributed by atoms with Crippen LogP contribution >= 0.6 is 0 Å². The molecule has 1 aliphatic heterocycles. The van der Waals surface area contributed by atoms with Gasteiger partial charge in [-0.1, -0.05) is 12.8 Å². The Morgan fingerprint density at radius 2 is 2.23 bits per heavy atom. The van der Waals surface area contributed by atoms with Gasteiger partial charge in [-0.2, -0.15) is 0 Å². The highest BCUT2D eigenvalue weighted by Crippen LogP contribution is 2.27. The number of carbonyl (C=O) groups excluding carboxylic acids is 1. The number of nitrogens with zero attached hydrogens (tertiary/aromatic N) is 2. The molecular formula is C16H24N4O2. The van der Waals surface area contributed by atoms with E-state index in [0.717, 1.165) is 56.7 Å². The number of rotatable bonds is 4. The summed E-state index contributed by atoms with van der Waals surface area (Å²) in [6.45, 7) is 1.91. The molecule has 22 heavy (non-hydrogen) atoms. The molecule has 120 valence electrons. The van der Waals surface area contributed by atoms with Crippen molar-refractivity contribution in [3.8, 4) is 0 Å². The van der Waals surface area contributed by atoms with Crippen LogP contribution in [0.4, 0.5) is 0 Å². The molecule has 6 heteroatoms. The molecule has 1 aliphatic carbocycles. The van der Waals surface area contributed by atoms with E-state index < -0.39 is 5.54 Å². The van der Waals surface area contributed by atoms with E-state index in [1.807, 2.05) is 6.07 Å². The van der Waals surface area contributed by atoms with Crippen LogP contribution in [0, 0.1) is 0 Å². The van der Waals surface area contributed by atoms with Gasteiger partial charge in [0.2, 0.25) is 5.91 Å². The zero-order valence-corrected chi connectivity index (χ0v) is 12.9. The topological polar surface area (TPSA) is 90.1 Å². The number of amides is 1. The van der Waals surface area contributed by atoms with Gasteiger partial charge in [0.1, 0.15) is 5.82 Å². The van der Waals surface area contributed by atoms with Crippen molar-refractivity contribution in [3.05, 3.63) is 23.8 Å². The van der Waals surface area contributed by atoms with Gasteiger partial charge < -0.3 is 15.8 Å². The second kappa shape index (κ2) is 6.71. The van der Waals surface area contributed by atoms with E-state index in [2.05, 4.69) is 15.3 Å². The Bertz CT molecular complexity index is 523. The minimum absolute atomic E-state index is 0.0637. The molecule has 2 heterocycles. The van der Waals surface area contributed by atoms with Crippen molar-refractivity contribution in [2.24, 2.45) is 5.73 Å².